The molecule has 2 rings (SSSR count). The minimum absolute atomic E-state index is 0.117. The molecule has 0 aliphatic carbocycles. The fourth-order valence-corrected chi connectivity index (χ4v) is 3.84. The number of benzene rings is 1. The van der Waals surface area contributed by atoms with Crippen LogP contribution in [0.15, 0.2) is 35.7 Å². The van der Waals surface area contributed by atoms with Crippen molar-refractivity contribution in [1.82, 2.24) is 4.31 Å². The Labute approximate surface area is 112 Å². The van der Waals surface area contributed by atoms with Crippen LogP contribution >= 0.6 is 0 Å². The average molecular weight is 281 g/mol. The summed E-state index contributed by atoms with van der Waals surface area (Å²) in [5.74, 6) is -1.09. The van der Waals surface area contributed by atoms with Crippen molar-refractivity contribution in [2.45, 2.75) is 23.8 Å². The Balaban J connectivity index is 2.35. The molecule has 0 amide bonds. The minimum Gasteiger partial charge on any atom is -0.480 e. The summed E-state index contributed by atoms with van der Waals surface area (Å²) < 4.78 is 25.8. The largest absolute Gasteiger partial charge is 0.480 e. The van der Waals surface area contributed by atoms with Gasteiger partial charge < -0.3 is 5.11 Å². The van der Waals surface area contributed by atoms with Crippen LogP contribution in [0, 0.1) is 0 Å². The first-order valence-corrected chi connectivity index (χ1v) is 7.38. The molecule has 6 heteroatoms. The predicted molar refractivity (Wildman–Crippen MR) is 71.1 cm³/mol. The van der Waals surface area contributed by atoms with Crippen LogP contribution < -0.4 is 0 Å². The van der Waals surface area contributed by atoms with Gasteiger partial charge in [-0.15, -0.1) is 0 Å². The molecular formula is C13H15NO4S. The minimum atomic E-state index is -3.74. The van der Waals surface area contributed by atoms with Gasteiger partial charge >= 0.3 is 5.97 Å². The second-order valence-corrected chi connectivity index (χ2v) is 6.28. The first-order valence-electron chi connectivity index (χ1n) is 5.94. The number of nitrogens with zero attached hydrogens (tertiary/aromatic N) is 1. The van der Waals surface area contributed by atoms with Crippen molar-refractivity contribution >= 4 is 22.1 Å². The molecule has 1 aromatic rings. The lowest BCUT2D eigenvalue weighted by Gasteiger charge is -2.20. The number of carboxylic acid groups (broad SMARTS) is 1. The van der Waals surface area contributed by atoms with Gasteiger partial charge in [-0.25, -0.2) is 8.42 Å². The number of hydrogen-bond acceptors (Lipinski definition) is 3. The summed E-state index contributed by atoms with van der Waals surface area (Å²) in [6.45, 7) is 3.85. The molecule has 0 spiro atoms. The Morgan fingerprint density at radius 2 is 2.00 bits per heavy atom. The van der Waals surface area contributed by atoms with Crippen LogP contribution in [0.25, 0.3) is 6.08 Å². The van der Waals surface area contributed by atoms with Gasteiger partial charge in [0.15, 0.2) is 0 Å². The van der Waals surface area contributed by atoms with E-state index < -0.39 is 22.0 Å². The van der Waals surface area contributed by atoms with E-state index in [0.717, 1.165) is 9.87 Å². The summed E-state index contributed by atoms with van der Waals surface area (Å²) in [6, 6.07) is 5.29. The standard InChI is InChI=1S/C13H15NO4S/c1-2-10-5-7-11(8-6-10)19(17,18)14-9-3-4-12(14)13(15)16/h2,5-8,12H,1,3-4,9H2,(H,15,16)/t12-/m1/s1. The number of carbonyl (C=O) groups is 1. The lowest BCUT2D eigenvalue weighted by Crippen LogP contribution is -2.40. The molecule has 102 valence electrons. The number of carboxylic acids is 1. The molecule has 1 aromatic carbocycles. The van der Waals surface area contributed by atoms with Gasteiger partial charge in [0, 0.05) is 6.54 Å². The quantitative estimate of drug-likeness (QED) is 0.909. The van der Waals surface area contributed by atoms with Crippen molar-refractivity contribution in [1.29, 1.82) is 0 Å². The predicted octanol–water partition coefficient (Wildman–Crippen LogP) is 1.57. The molecule has 0 radical (unpaired) electrons. The van der Waals surface area contributed by atoms with Crippen molar-refractivity contribution in [2.75, 3.05) is 6.54 Å². The van der Waals surface area contributed by atoms with E-state index in [1.54, 1.807) is 18.2 Å². The highest BCUT2D eigenvalue weighted by atomic mass is 32.2. The first-order chi connectivity index (χ1) is 8.96. The molecule has 1 aliphatic heterocycles. The topological polar surface area (TPSA) is 74.7 Å². The number of aliphatic carboxylic acids is 1. The van der Waals surface area contributed by atoms with E-state index >= 15 is 0 Å². The maximum Gasteiger partial charge on any atom is 0.322 e. The van der Waals surface area contributed by atoms with Crippen LogP contribution in [0.4, 0.5) is 0 Å². The maximum absolute atomic E-state index is 12.4. The van der Waals surface area contributed by atoms with Crippen LogP contribution in [0.3, 0.4) is 0 Å². The number of hydrogen-bond donors (Lipinski definition) is 1. The summed E-state index contributed by atoms with van der Waals surface area (Å²) in [6.07, 6.45) is 2.55. The molecule has 0 saturated carbocycles. The molecule has 1 heterocycles. The Morgan fingerprint density at radius 1 is 1.37 bits per heavy atom. The maximum atomic E-state index is 12.4. The normalized spacial score (nSPS) is 20.3. The van der Waals surface area contributed by atoms with Crippen LogP contribution in [0.2, 0.25) is 0 Å². The zero-order valence-corrected chi connectivity index (χ0v) is 11.1. The lowest BCUT2D eigenvalue weighted by molar-refractivity contribution is -0.140. The average Bonchev–Trinajstić information content (AvgIpc) is 2.89. The van der Waals surface area contributed by atoms with Crippen molar-refractivity contribution in [3.05, 3.63) is 36.4 Å². The molecule has 0 unspecified atom stereocenters. The highest BCUT2D eigenvalue weighted by Crippen LogP contribution is 2.26. The van der Waals surface area contributed by atoms with Gasteiger partial charge in [0.1, 0.15) is 6.04 Å². The SMILES string of the molecule is C=Cc1ccc(S(=O)(=O)N2CCC[C@@H]2C(=O)O)cc1. The van der Waals surface area contributed by atoms with Gasteiger partial charge in [0.05, 0.1) is 4.90 Å². The summed E-state index contributed by atoms with van der Waals surface area (Å²) in [7, 11) is -3.74. The van der Waals surface area contributed by atoms with Crippen molar-refractivity contribution in [3.63, 3.8) is 0 Å². The molecule has 1 aliphatic rings. The Hall–Kier alpha value is -1.66. The van der Waals surface area contributed by atoms with Crippen LogP contribution in [0.5, 0.6) is 0 Å². The lowest BCUT2D eigenvalue weighted by atomic mass is 10.2. The zero-order valence-electron chi connectivity index (χ0n) is 10.3. The van der Waals surface area contributed by atoms with Crippen molar-refractivity contribution < 1.29 is 18.3 Å². The number of rotatable bonds is 4. The van der Waals surface area contributed by atoms with E-state index in [9.17, 15) is 13.2 Å². The van der Waals surface area contributed by atoms with Crippen LogP contribution in [-0.4, -0.2) is 36.4 Å². The second-order valence-electron chi connectivity index (χ2n) is 4.39. The first kappa shape index (κ1) is 13.8. The zero-order chi connectivity index (χ0) is 14.0. The van der Waals surface area contributed by atoms with E-state index in [-0.39, 0.29) is 11.4 Å². The highest BCUT2D eigenvalue weighted by molar-refractivity contribution is 7.89. The van der Waals surface area contributed by atoms with E-state index in [1.807, 2.05) is 0 Å². The summed E-state index contributed by atoms with van der Waals surface area (Å²) in [4.78, 5) is 11.2. The molecule has 1 saturated heterocycles. The molecule has 5 nitrogen and oxygen atoms in total. The van der Waals surface area contributed by atoms with Gasteiger partial charge in [0.25, 0.3) is 0 Å². The second kappa shape index (κ2) is 5.14. The third-order valence-electron chi connectivity index (χ3n) is 3.21. The molecule has 0 aromatic heterocycles. The van der Waals surface area contributed by atoms with Gasteiger partial charge in [-0.2, -0.15) is 4.31 Å². The Bertz CT molecular complexity index is 592. The van der Waals surface area contributed by atoms with Gasteiger partial charge in [-0.05, 0) is 30.5 Å². The summed E-state index contributed by atoms with van der Waals surface area (Å²) >= 11 is 0. The van der Waals surface area contributed by atoms with E-state index in [4.69, 9.17) is 5.11 Å². The monoisotopic (exact) mass is 281 g/mol. The number of sulfonamides is 1. The van der Waals surface area contributed by atoms with Gasteiger partial charge in [-0.3, -0.25) is 4.79 Å². The van der Waals surface area contributed by atoms with Crippen molar-refractivity contribution in [3.8, 4) is 0 Å². The molecule has 19 heavy (non-hydrogen) atoms. The molecule has 1 atom stereocenters. The molecular weight excluding hydrogens is 266 g/mol. The third kappa shape index (κ3) is 2.54. The van der Waals surface area contributed by atoms with Crippen LogP contribution in [0.1, 0.15) is 18.4 Å². The van der Waals surface area contributed by atoms with E-state index in [1.165, 1.54) is 12.1 Å². The summed E-state index contributed by atoms with van der Waals surface area (Å²) in [5.41, 5.74) is 0.815. The third-order valence-corrected chi connectivity index (χ3v) is 5.13. The van der Waals surface area contributed by atoms with E-state index in [2.05, 4.69) is 6.58 Å². The van der Waals surface area contributed by atoms with Crippen molar-refractivity contribution in [2.24, 2.45) is 0 Å². The van der Waals surface area contributed by atoms with Gasteiger partial charge in [0.2, 0.25) is 10.0 Å². The highest BCUT2D eigenvalue weighted by Gasteiger charge is 2.39. The van der Waals surface area contributed by atoms with Gasteiger partial charge in [-0.1, -0.05) is 24.8 Å². The molecule has 1 N–H and O–H groups in total. The van der Waals surface area contributed by atoms with Crippen LogP contribution in [-0.2, 0) is 14.8 Å². The summed E-state index contributed by atoms with van der Waals surface area (Å²) in [5, 5.41) is 9.06. The molecule has 1 fully saturated rings. The van der Waals surface area contributed by atoms with E-state index in [0.29, 0.717) is 12.8 Å². The Kier molecular flexibility index (Phi) is 3.73. The molecule has 0 bridgehead atoms. The fraction of sp³-hybridized carbons (Fsp3) is 0.308. The Morgan fingerprint density at radius 3 is 2.53 bits per heavy atom. The smallest absolute Gasteiger partial charge is 0.322 e. The fourth-order valence-electron chi connectivity index (χ4n) is 2.19.